The molecule has 0 saturated heterocycles. The summed E-state index contributed by atoms with van der Waals surface area (Å²) in [6, 6.07) is 9.65. The highest BCUT2D eigenvalue weighted by atomic mass is 16.5. The summed E-state index contributed by atoms with van der Waals surface area (Å²) < 4.78 is 10.8. The molecular formula is C19H22N2O3. The molecule has 1 fully saturated rings. The second-order valence-electron chi connectivity index (χ2n) is 5.87. The van der Waals surface area contributed by atoms with Crippen molar-refractivity contribution in [3.63, 3.8) is 0 Å². The Morgan fingerprint density at radius 3 is 2.92 bits per heavy atom. The van der Waals surface area contributed by atoms with Gasteiger partial charge in [-0.15, -0.1) is 0 Å². The smallest absolute Gasteiger partial charge is 0.224 e. The van der Waals surface area contributed by atoms with Crippen LogP contribution in [0.15, 0.2) is 42.7 Å². The van der Waals surface area contributed by atoms with E-state index in [1.165, 1.54) is 0 Å². The Kier molecular flexibility index (Phi) is 4.99. The summed E-state index contributed by atoms with van der Waals surface area (Å²) >= 11 is 0. The minimum absolute atomic E-state index is 0.0545. The molecule has 1 aliphatic rings. The number of benzene rings is 1. The predicted octanol–water partition coefficient (Wildman–Crippen LogP) is 2.91. The van der Waals surface area contributed by atoms with Crippen LogP contribution in [0.25, 0.3) is 0 Å². The summed E-state index contributed by atoms with van der Waals surface area (Å²) in [4.78, 5) is 16.4. The van der Waals surface area contributed by atoms with Crippen molar-refractivity contribution in [3.8, 4) is 11.5 Å². The van der Waals surface area contributed by atoms with Crippen molar-refractivity contribution in [2.24, 2.45) is 5.92 Å². The van der Waals surface area contributed by atoms with Crippen molar-refractivity contribution in [3.05, 3.63) is 53.9 Å². The van der Waals surface area contributed by atoms with Crippen LogP contribution >= 0.6 is 0 Å². The zero-order valence-electron chi connectivity index (χ0n) is 14.0. The van der Waals surface area contributed by atoms with Crippen LogP contribution in [0.3, 0.4) is 0 Å². The summed E-state index contributed by atoms with van der Waals surface area (Å²) in [7, 11) is 1.62. The minimum Gasteiger partial charge on any atom is -0.493 e. The van der Waals surface area contributed by atoms with Crippen LogP contribution in [0.1, 0.15) is 30.4 Å². The number of ether oxygens (including phenoxy) is 2. The topological polar surface area (TPSA) is 60.5 Å². The van der Waals surface area contributed by atoms with E-state index in [4.69, 9.17) is 9.47 Å². The number of nitrogens with one attached hydrogen (secondary N) is 1. The number of hydrogen-bond donors (Lipinski definition) is 1. The average Bonchev–Trinajstić information content (AvgIpc) is 3.42. The average molecular weight is 326 g/mol. The fraction of sp³-hybridized carbons (Fsp3) is 0.368. The third-order valence-corrected chi connectivity index (χ3v) is 4.23. The van der Waals surface area contributed by atoms with E-state index in [0.29, 0.717) is 30.6 Å². The Morgan fingerprint density at radius 2 is 2.21 bits per heavy atom. The van der Waals surface area contributed by atoms with Crippen LogP contribution in [0.2, 0.25) is 0 Å². The van der Waals surface area contributed by atoms with Crippen molar-refractivity contribution in [1.29, 1.82) is 0 Å². The molecule has 1 heterocycles. The second kappa shape index (κ2) is 7.34. The van der Waals surface area contributed by atoms with E-state index in [0.717, 1.165) is 17.5 Å². The van der Waals surface area contributed by atoms with E-state index in [-0.39, 0.29) is 11.8 Å². The normalized spacial score (nSPS) is 18.8. The first-order chi connectivity index (χ1) is 11.7. The molecule has 0 aliphatic heterocycles. The molecule has 1 aromatic heterocycles. The van der Waals surface area contributed by atoms with Gasteiger partial charge in [0.1, 0.15) is 0 Å². The third kappa shape index (κ3) is 3.67. The Bertz CT molecular complexity index is 703. The van der Waals surface area contributed by atoms with Crippen LogP contribution in [-0.4, -0.2) is 24.6 Å². The van der Waals surface area contributed by atoms with E-state index in [9.17, 15) is 4.79 Å². The Labute approximate surface area is 142 Å². The zero-order valence-corrected chi connectivity index (χ0v) is 14.0. The molecule has 3 rings (SSSR count). The molecular weight excluding hydrogens is 304 g/mol. The Morgan fingerprint density at radius 1 is 1.33 bits per heavy atom. The summed E-state index contributed by atoms with van der Waals surface area (Å²) in [5.74, 6) is 1.85. The maximum absolute atomic E-state index is 12.3. The summed E-state index contributed by atoms with van der Waals surface area (Å²) in [6.07, 6.45) is 4.49. The predicted molar refractivity (Wildman–Crippen MR) is 91.1 cm³/mol. The summed E-state index contributed by atoms with van der Waals surface area (Å²) in [5, 5.41) is 3.01. The van der Waals surface area contributed by atoms with Gasteiger partial charge in [-0.2, -0.15) is 0 Å². The quantitative estimate of drug-likeness (QED) is 0.850. The van der Waals surface area contributed by atoms with Gasteiger partial charge in [-0.1, -0.05) is 12.1 Å². The molecule has 24 heavy (non-hydrogen) atoms. The number of hydrogen-bond acceptors (Lipinski definition) is 4. The van der Waals surface area contributed by atoms with E-state index in [1.807, 2.05) is 43.5 Å². The molecule has 5 nitrogen and oxygen atoms in total. The van der Waals surface area contributed by atoms with Crippen molar-refractivity contribution < 1.29 is 14.3 Å². The summed E-state index contributed by atoms with van der Waals surface area (Å²) in [6.45, 7) is 2.99. The van der Waals surface area contributed by atoms with Crippen molar-refractivity contribution >= 4 is 5.91 Å². The molecule has 1 saturated carbocycles. The number of nitrogens with zero attached hydrogens (tertiary/aromatic N) is 1. The lowest BCUT2D eigenvalue weighted by atomic mass is 10.1. The minimum atomic E-state index is 0.0545. The monoisotopic (exact) mass is 326 g/mol. The molecule has 2 unspecified atom stereocenters. The van der Waals surface area contributed by atoms with E-state index in [2.05, 4.69) is 10.3 Å². The van der Waals surface area contributed by atoms with E-state index >= 15 is 0 Å². The van der Waals surface area contributed by atoms with E-state index < -0.39 is 0 Å². The van der Waals surface area contributed by atoms with Crippen LogP contribution in [0, 0.1) is 5.92 Å². The molecule has 1 N–H and O–H groups in total. The molecule has 126 valence electrons. The van der Waals surface area contributed by atoms with Gasteiger partial charge < -0.3 is 14.8 Å². The molecule has 1 amide bonds. The van der Waals surface area contributed by atoms with Crippen molar-refractivity contribution in [2.75, 3.05) is 13.7 Å². The highest BCUT2D eigenvalue weighted by Gasteiger charge is 2.43. The maximum atomic E-state index is 12.3. The third-order valence-electron chi connectivity index (χ3n) is 4.23. The SMILES string of the molecule is CCOc1cc(CNC(=O)C2CC2c2cccnc2)ccc1OC. The van der Waals surface area contributed by atoms with Gasteiger partial charge in [0.25, 0.3) is 0 Å². The second-order valence-corrected chi connectivity index (χ2v) is 5.87. The lowest BCUT2D eigenvalue weighted by Gasteiger charge is -2.11. The Hall–Kier alpha value is -2.56. The highest BCUT2D eigenvalue weighted by Crippen LogP contribution is 2.47. The van der Waals surface area contributed by atoms with Crippen LogP contribution in [0.5, 0.6) is 11.5 Å². The van der Waals surface area contributed by atoms with Gasteiger partial charge in [0.15, 0.2) is 11.5 Å². The Balaban J connectivity index is 1.56. The van der Waals surface area contributed by atoms with Crippen LogP contribution in [0.4, 0.5) is 0 Å². The van der Waals surface area contributed by atoms with Crippen molar-refractivity contribution in [1.82, 2.24) is 10.3 Å². The number of amides is 1. The van der Waals surface area contributed by atoms with Crippen LogP contribution in [-0.2, 0) is 11.3 Å². The molecule has 2 aromatic rings. The standard InChI is InChI=1S/C19H22N2O3/c1-3-24-18-9-13(6-7-17(18)23-2)11-21-19(22)16-10-15(16)14-5-4-8-20-12-14/h4-9,12,15-16H,3,10-11H2,1-2H3,(H,21,22). The number of rotatable bonds is 7. The molecule has 1 aliphatic carbocycles. The van der Waals surface area contributed by atoms with Gasteiger partial charge in [0.05, 0.1) is 13.7 Å². The highest BCUT2D eigenvalue weighted by molar-refractivity contribution is 5.82. The first-order valence-corrected chi connectivity index (χ1v) is 8.20. The first-order valence-electron chi connectivity index (χ1n) is 8.20. The number of pyridine rings is 1. The zero-order chi connectivity index (χ0) is 16.9. The molecule has 0 bridgehead atoms. The number of carbonyl (C=O) groups excluding carboxylic acids is 1. The van der Waals surface area contributed by atoms with Gasteiger partial charge >= 0.3 is 0 Å². The molecule has 5 heteroatoms. The maximum Gasteiger partial charge on any atom is 0.224 e. The molecule has 0 radical (unpaired) electrons. The molecule has 0 spiro atoms. The summed E-state index contributed by atoms with van der Waals surface area (Å²) in [5.41, 5.74) is 2.13. The van der Waals surface area contributed by atoms with Gasteiger partial charge in [-0.25, -0.2) is 0 Å². The molecule has 1 aromatic carbocycles. The fourth-order valence-corrected chi connectivity index (χ4v) is 2.87. The lowest BCUT2D eigenvalue weighted by molar-refractivity contribution is -0.122. The van der Waals surface area contributed by atoms with E-state index in [1.54, 1.807) is 13.3 Å². The number of carbonyl (C=O) groups is 1. The van der Waals surface area contributed by atoms with Gasteiger partial charge in [-0.05, 0) is 48.6 Å². The number of aromatic nitrogens is 1. The van der Waals surface area contributed by atoms with Gasteiger partial charge in [0, 0.05) is 24.9 Å². The number of methoxy groups -OCH3 is 1. The first kappa shape index (κ1) is 16.3. The van der Waals surface area contributed by atoms with Gasteiger partial charge in [0.2, 0.25) is 5.91 Å². The van der Waals surface area contributed by atoms with Crippen molar-refractivity contribution in [2.45, 2.75) is 25.8 Å². The largest absolute Gasteiger partial charge is 0.493 e. The lowest BCUT2D eigenvalue weighted by Crippen LogP contribution is -2.24. The van der Waals surface area contributed by atoms with Gasteiger partial charge in [-0.3, -0.25) is 9.78 Å². The van der Waals surface area contributed by atoms with Crippen LogP contribution < -0.4 is 14.8 Å². The fourth-order valence-electron chi connectivity index (χ4n) is 2.87. The molecule has 2 atom stereocenters.